The van der Waals surface area contributed by atoms with Crippen LogP contribution in [0.25, 0.3) is 5.70 Å². The van der Waals surface area contributed by atoms with E-state index in [0.717, 1.165) is 5.56 Å². The second kappa shape index (κ2) is 8.76. The van der Waals surface area contributed by atoms with Gasteiger partial charge < -0.3 is 19.9 Å². The number of nitriles is 1. The van der Waals surface area contributed by atoms with Crippen LogP contribution in [-0.4, -0.2) is 19.7 Å². The molecule has 0 fully saturated rings. The van der Waals surface area contributed by atoms with Gasteiger partial charge in [-0.05, 0) is 24.1 Å². The fourth-order valence-corrected chi connectivity index (χ4v) is 3.55. The minimum Gasteiger partial charge on any atom is -0.870 e. The lowest BCUT2D eigenvalue weighted by Gasteiger charge is -2.30. The lowest BCUT2D eigenvalue weighted by molar-refractivity contribution is -0.270. The molecule has 148 valence electrons. The van der Waals surface area contributed by atoms with Crippen molar-refractivity contribution in [3.05, 3.63) is 75.8 Å². The molecule has 6 nitrogen and oxygen atoms in total. The largest absolute Gasteiger partial charge is 0.870 e. The Morgan fingerprint density at radius 2 is 2.00 bits per heavy atom. The van der Waals surface area contributed by atoms with Crippen LogP contribution in [0.3, 0.4) is 0 Å². The van der Waals surface area contributed by atoms with Crippen LogP contribution in [-0.2, 0) is 9.53 Å². The number of benzene rings is 2. The van der Waals surface area contributed by atoms with Gasteiger partial charge in [0.25, 0.3) is 0 Å². The molecule has 7 heteroatoms. The number of hydrogen-bond donors (Lipinski definition) is 2. The number of nitrogens with one attached hydrogen (secondary N) is 1. The van der Waals surface area contributed by atoms with Gasteiger partial charge in [0, 0.05) is 0 Å². The van der Waals surface area contributed by atoms with Crippen molar-refractivity contribution in [2.75, 3.05) is 13.7 Å². The Morgan fingerprint density at radius 1 is 1.28 bits per heavy atom. The van der Waals surface area contributed by atoms with Crippen LogP contribution < -0.4 is 15.2 Å². The van der Waals surface area contributed by atoms with Gasteiger partial charge in [0.15, 0.2) is 0 Å². The summed E-state index contributed by atoms with van der Waals surface area (Å²) < 4.78 is 10.5. The Labute approximate surface area is 174 Å². The van der Waals surface area contributed by atoms with Crippen LogP contribution in [0.2, 0.25) is 0 Å². The maximum absolute atomic E-state index is 13.0. The highest BCUT2D eigenvalue weighted by Crippen LogP contribution is 2.43. The summed E-state index contributed by atoms with van der Waals surface area (Å²) in [6.45, 7) is 1.89. The molecule has 0 aliphatic carbocycles. The van der Waals surface area contributed by atoms with Gasteiger partial charge in [0.1, 0.15) is 5.75 Å². The predicted molar refractivity (Wildman–Crippen MR) is 110 cm³/mol. The number of ether oxygens (including phenoxy) is 2. The number of nitrogens with zero attached hydrogens (tertiary/aromatic N) is 1. The average Bonchev–Trinajstić information content (AvgIpc) is 2.74. The lowest BCUT2D eigenvalue weighted by Crippen LogP contribution is -2.28. The number of allylic oxidation sites excluding steroid dienone is 1. The average molecular weight is 407 g/mol. The standard InChI is InChI=1S/C22H20N2O4S/c1-3-28-22(26)19-18(14-9-10-16(25)17(11-14)27-2)15(12-23)21(29)24-20(19)13-7-5-4-6-8-13/h4-11,18,24-25,29H,3H2,1-2H3/p-1. The normalized spacial score (nSPS) is 16.1. The van der Waals surface area contributed by atoms with E-state index in [2.05, 4.69) is 24.0 Å². The molecule has 1 heterocycles. The highest BCUT2D eigenvalue weighted by molar-refractivity contribution is 7.84. The minimum absolute atomic E-state index is 0.128. The van der Waals surface area contributed by atoms with Crippen LogP contribution >= 0.6 is 12.6 Å². The van der Waals surface area contributed by atoms with E-state index in [1.807, 2.05) is 30.3 Å². The van der Waals surface area contributed by atoms with Gasteiger partial charge in [-0.3, -0.25) is 0 Å². The zero-order chi connectivity index (χ0) is 21.0. The zero-order valence-corrected chi connectivity index (χ0v) is 16.8. The summed E-state index contributed by atoms with van der Waals surface area (Å²) in [6.07, 6.45) is 0. The number of hydrogen-bond acceptors (Lipinski definition) is 7. The van der Waals surface area contributed by atoms with Crippen molar-refractivity contribution < 1.29 is 19.4 Å². The smallest absolute Gasteiger partial charge is 0.337 e. The molecule has 1 aliphatic rings. The van der Waals surface area contributed by atoms with Crippen LogP contribution in [0.1, 0.15) is 24.0 Å². The van der Waals surface area contributed by atoms with Crippen LogP contribution in [0.5, 0.6) is 11.5 Å². The minimum atomic E-state index is -0.766. The van der Waals surface area contributed by atoms with Crippen LogP contribution in [0, 0.1) is 11.3 Å². The number of carbonyl (C=O) groups is 1. The van der Waals surface area contributed by atoms with E-state index in [1.54, 1.807) is 19.1 Å². The maximum atomic E-state index is 13.0. The number of esters is 1. The first-order chi connectivity index (χ1) is 14.0. The van der Waals surface area contributed by atoms with Crippen molar-refractivity contribution in [2.24, 2.45) is 0 Å². The van der Waals surface area contributed by atoms with E-state index in [0.29, 0.717) is 16.3 Å². The van der Waals surface area contributed by atoms with E-state index in [4.69, 9.17) is 9.47 Å². The molecule has 1 N–H and O–H groups in total. The predicted octanol–water partition coefficient (Wildman–Crippen LogP) is 3.09. The Balaban J connectivity index is 2.29. The summed E-state index contributed by atoms with van der Waals surface area (Å²) in [5, 5.41) is 25.2. The maximum Gasteiger partial charge on any atom is 0.337 e. The summed E-state index contributed by atoms with van der Waals surface area (Å²) >= 11 is 4.45. The highest BCUT2D eigenvalue weighted by Gasteiger charge is 2.36. The molecular formula is C22H19N2O4S-. The molecule has 0 spiro atoms. The molecule has 3 rings (SSSR count). The quantitative estimate of drug-likeness (QED) is 0.584. The summed E-state index contributed by atoms with van der Waals surface area (Å²) in [6, 6.07) is 15.9. The zero-order valence-electron chi connectivity index (χ0n) is 15.9. The molecule has 1 atom stereocenters. The summed E-state index contributed by atoms with van der Waals surface area (Å²) in [5.41, 5.74) is 2.33. The van der Waals surface area contributed by atoms with E-state index >= 15 is 0 Å². The van der Waals surface area contributed by atoms with Crippen molar-refractivity contribution >= 4 is 24.3 Å². The molecule has 0 aromatic heterocycles. The summed E-state index contributed by atoms with van der Waals surface area (Å²) in [7, 11) is 1.39. The van der Waals surface area contributed by atoms with Crippen molar-refractivity contribution in [2.45, 2.75) is 12.8 Å². The Kier molecular flexibility index (Phi) is 6.15. The third-order valence-electron chi connectivity index (χ3n) is 4.54. The molecule has 0 radical (unpaired) electrons. The fourth-order valence-electron chi connectivity index (χ4n) is 3.25. The van der Waals surface area contributed by atoms with E-state index in [-0.39, 0.29) is 29.3 Å². The number of carbonyl (C=O) groups excluding carboxylic acids is 1. The second-order valence-corrected chi connectivity index (χ2v) is 6.66. The van der Waals surface area contributed by atoms with Crippen LogP contribution in [0.4, 0.5) is 0 Å². The van der Waals surface area contributed by atoms with Crippen molar-refractivity contribution in [3.63, 3.8) is 0 Å². The molecule has 2 aromatic rings. The molecular weight excluding hydrogens is 388 g/mol. The molecule has 1 aliphatic heterocycles. The van der Waals surface area contributed by atoms with E-state index in [9.17, 15) is 15.2 Å². The fraction of sp³-hybridized carbons (Fsp3) is 0.182. The first kappa shape index (κ1) is 20.4. The third kappa shape index (κ3) is 3.93. The van der Waals surface area contributed by atoms with Crippen LogP contribution in [0.15, 0.2) is 64.7 Å². The monoisotopic (exact) mass is 407 g/mol. The second-order valence-electron chi connectivity index (χ2n) is 6.22. The lowest BCUT2D eigenvalue weighted by atomic mass is 9.81. The molecule has 0 amide bonds. The van der Waals surface area contributed by atoms with E-state index < -0.39 is 11.9 Å². The molecule has 29 heavy (non-hydrogen) atoms. The van der Waals surface area contributed by atoms with Gasteiger partial charge in [0.05, 0.1) is 47.6 Å². The number of dihydropyridines is 1. The Morgan fingerprint density at radius 3 is 2.62 bits per heavy atom. The molecule has 0 saturated carbocycles. The van der Waals surface area contributed by atoms with Gasteiger partial charge in [0.2, 0.25) is 0 Å². The number of thiol groups is 1. The molecule has 0 bridgehead atoms. The Bertz CT molecular complexity index is 1040. The van der Waals surface area contributed by atoms with Crippen molar-refractivity contribution in [3.8, 4) is 17.6 Å². The molecule has 1 unspecified atom stereocenters. The van der Waals surface area contributed by atoms with Crippen molar-refractivity contribution in [1.29, 1.82) is 5.26 Å². The van der Waals surface area contributed by atoms with Gasteiger partial charge in [-0.2, -0.15) is 5.26 Å². The topological polar surface area (TPSA) is 94.4 Å². The third-order valence-corrected chi connectivity index (χ3v) is 4.90. The number of methoxy groups -OCH3 is 1. The first-order valence-electron chi connectivity index (χ1n) is 8.93. The molecule has 2 aromatic carbocycles. The number of rotatable bonds is 5. The van der Waals surface area contributed by atoms with Crippen molar-refractivity contribution in [1.82, 2.24) is 5.32 Å². The highest BCUT2D eigenvalue weighted by atomic mass is 32.1. The van der Waals surface area contributed by atoms with Gasteiger partial charge in [-0.25, -0.2) is 4.79 Å². The van der Waals surface area contributed by atoms with Gasteiger partial charge in [-0.15, -0.1) is 12.6 Å². The summed E-state index contributed by atoms with van der Waals surface area (Å²) in [5.74, 6) is -1.48. The summed E-state index contributed by atoms with van der Waals surface area (Å²) in [4.78, 5) is 13.0. The van der Waals surface area contributed by atoms with Gasteiger partial charge in [-0.1, -0.05) is 48.2 Å². The Hall–Kier alpha value is -3.37. The first-order valence-corrected chi connectivity index (χ1v) is 9.38. The molecule has 0 saturated heterocycles. The van der Waals surface area contributed by atoms with E-state index in [1.165, 1.54) is 13.2 Å². The SMILES string of the molecule is CCOC(=O)C1=C(c2ccccc2)NC(S)=C(C#N)C1c1ccc([O-])c(OC)c1. The van der Waals surface area contributed by atoms with Gasteiger partial charge >= 0.3 is 5.97 Å².